The summed E-state index contributed by atoms with van der Waals surface area (Å²) >= 11 is 0. The number of piperidine rings is 1. The van der Waals surface area contributed by atoms with Gasteiger partial charge in [-0.25, -0.2) is 0 Å². The van der Waals surface area contributed by atoms with E-state index in [9.17, 15) is 4.79 Å². The van der Waals surface area contributed by atoms with Gasteiger partial charge in [-0.05, 0) is 75.9 Å². The van der Waals surface area contributed by atoms with Crippen molar-refractivity contribution in [1.29, 1.82) is 0 Å². The highest BCUT2D eigenvalue weighted by Crippen LogP contribution is 2.29. The predicted octanol–water partition coefficient (Wildman–Crippen LogP) is 2.79. The van der Waals surface area contributed by atoms with Gasteiger partial charge in [-0.2, -0.15) is 0 Å². The van der Waals surface area contributed by atoms with Gasteiger partial charge < -0.3 is 15.4 Å². The van der Waals surface area contributed by atoms with E-state index in [-0.39, 0.29) is 31.0 Å². The molecule has 2 N–H and O–H groups in total. The number of nitrogens with one attached hydrogen (secondary N) is 2. The summed E-state index contributed by atoms with van der Waals surface area (Å²) in [5.41, 5.74) is 2.67. The lowest BCUT2D eigenvalue weighted by Gasteiger charge is -2.24. The molecule has 0 spiro atoms. The van der Waals surface area contributed by atoms with Crippen LogP contribution >= 0.6 is 12.4 Å². The van der Waals surface area contributed by atoms with E-state index < -0.39 is 0 Å². The third kappa shape index (κ3) is 5.50. The third-order valence-electron chi connectivity index (χ3n) is 3.84. The molecule has 0 bridgehead atoms. The highest BCUT2D eigenvalue weighted by Gasteiger charge is 2.17. The fourth-order valence-electron chi connectivity index (χ4n) is 2.84. The maximum Gasteiger partial charge on any atom is 0.258 e. The normalized spacial score (nSPS) is 15.3. The van der Waals surface area contributed by atoms with Crippen LogP contribution in [0.4, 0.5) is 0 Å². The molecular formula is C17H27ClN2O2. The van der Waals surface area contributed by atoms with Crippen LogP contribution in [0.25, 0.3) is 0 Å². The van der Waals surface area contributed by atoms with Crippen LogP contribution in [0.15, 0.2) is 18.2 Å². The zero-order valence-electron chi connectivity index (χ0n) is 13.6. The molecule has 0 radical (unpaired) electrons. The first-order valence-electron chi connectivity index (χ1n) is 7.79. The number of ether oxygens (including phenoxy) is 1. The molecule has 0 unspecified atom stereocenters. The molecule has 2 rings (SSSR count). The Morgan fingerprint density at radius 3 is 2.64 bits per heavy atom. The fourth-order valence-corrected chi connectivity index (χ4v) is 2.84. The van der Waals surface area contributed by atoms with E-state index in [0.717, 1.165) is 18.8 Å². The molecular weight excluding hydrogens is 300 g/mol. The average molecular weight is 327 g/mol. The first-order chi connectivity index (χ1) is 10.1. The molecule has 0 saturated carbocycles. The summed E-state index contributed by atoms with van der Waals surface area (Å²) in [6, 6.07) is 6.32. The minimum absolute atomic E-state index is 0. The molecule has 5 heteroatoms. The van der Waals surface area contributed by atoms with E-state index >= 15 is 0 Å². The first-order valence-corrected chi connectivity index (χ1v) is 7.79. The van der Waals surface area contributed by atoms with Gasteiger partial charge in [0.05, 0.1) is 0 Å². The Labute approximate surface area is 139 Å². The van der Waals surface area contributed by atoms with Crippen molar-refractivity contribution in [2.24, 2.45) is 0 Å². The topological polar surface area (TPSA) is 50.4 Å². The van der Waals surface area contributed by atoms with Crippen LogP contribution in [0.2, 0.25) is 0 Å². The van der Waals surface area contributed by atoms with Crippen LogP contribution in [0.1, 0.15) is 43.7 Å². The monoisotopic (exact) mass is 326 g/mol. The minimum Gasteiger partial charge on any atom is -0.484 e. The van der Waals surface area contributed by atoms with Crippen molar-refractivity contribution in [3.63, 3.8) is 0 Å². The number of carbonyl (C=O) groups is 1. The van der Waals surface area contributed by atoms with Gasteiger partial charge in [0.1, 0.15) is 5.75 Å². The molecule has 4 nitrogen and oxygen atoms in total. The zero-order valence-corrected chi connectivity index (χ0v) is 14.5. The number of carbonyl (C=O) groups excluding carboxylic acids is 1. The third-order valence-corrected chi connectivity index (χ3v) is 3.84. The molecule has 1 saturated heterocycles. The van der Waals surface area contributed by atoms with Gasteiger partial charge >= 0.3 is 0 Å². The van der Waals surface area contributed by atoms with Crippen LogP contribution in [-0.4, -0.2) is 31.6 Å². The number of rotatable bonds is 5. The summed E-state index contributed by atoms with van der Waals surface area (Å²) in [6.45, 7) is 8.27. The number of aryl methyl sites for hydroxylation is 1. The van der Waals surface area contributed by atoms with E-state index in [1.807, 2.05) is 26.0 Å². The molecule has 124 valence electrons. The summed E-state index contributed by atoms with van der Waals surface area (Å²) < 4.78 is 5.57. The van der Waals surface area contributed by atoms with E-state index in [1.165, 1.54) is 24.0 Å². The van der Waals surface area contributed by atoms with Gasteiger partial charge in [-0.3, -0.25) is 4.79 Å². The number of hydrogen-bond donors (Lipinski definition) is 2. The molecule has 1 heterocycles. The van der Waals surface area contributed by atoms with Crippen LogP contribution in [0, 0.1) is 6.92 Å². The van der Waals surface area contributed by atoms with E-state index in [1.54, 1.807) is 0 Å². The Hall–Kier alpha value is -1.26. The summed E-state index contributed by atoms with van der Waals surface area (Å²) in [5, 5.41) is 6.21. The average Bonchev–Trinajstić information content (AvgIpc) is 2.45. The van der Waals surface area contributed by atoms with Crippen LogP contribution in [0.5, 0.6) is 5.75 Å². The molecule has 1 aliphatic heterocycles. The van der Waals surface area contributed by atoms with Crippen molar-refractivity contribution < 1.29 is 9.53 Å². The maximum absolute atomic E-state index is 11.6. The van der Waals surface area contributed by atoms with Crippen molar-refractivity contribution in [2.75, 3.05) is 19.7 Å². The van der Waals surface area contributed by atoms with Crippen molar-refractivity contribution in [3.8, 4) is 5.75 Å². The molecule has 0 aliphatic carbocycles. The first kappa shape index (κ1) is 18.8. The number of halogens is 1. The van der Waals surface area contributed by atoms with Gasteiger partial charge in [0.2, 0.25) is 0 Å². The number of amides is 1. The molecule has 0 aromatic heterocycles. The lowest BCUT2D eigenvalue weighted by Crippen LogP contribution is -2.34. The maximum atomic E-state index is 11.6. The highest BCUT2D eigenvalue weighted by molar-refractivity contribution is 5.85. The second-order valence-electron chi connectivity index (χ2n) is 6.05. The Morgan fingerprint density at radius 1 is 1.36 bits per heavy atom. The van der Waals surface area contributed by atoms with Crippen LogP contribution in [0.3, 0.4) is 0 Å². The van der Waals surface area contributed by atoms with Crippen molar-refractivity contribution >= 4 is 18.3 Å². The Kier molecular flexibility index (Phi) is 7.69. The molecule has 0 atom stereocenters. The summed E-state index contributed by atoms with van der Waals surface area (Å²) in [6.07, 6.45) is 2.38. The minimum atomic E-state index is -0.0786. The van der Waals surface area contributed by atoms with Crippen molar-refractivity contribution in [3.05, 3.63) is 29.3 Å². The highest BCUT2D eigenvalue weighted by atomic mass is 35.5. The van der Waals surface area contributed by atoms with E-state index in [4.69, 9.17) is 4.74 Å². The largest absolute Gasteiger partial charge is 0.484 e. The molecule has 22 heavy (non-hydrogen) atoms. The fraction of sp³-hybridized carbons (Fsp3) is 0.588. The standard InChI is InChI=1S/C17H26N2O2.ClH/c1-12(2)19-17(20)11-21-15-4-5-16(13(3)10-15)14-6-8-18-9-7-14;/h4-5,10,12,14,18H,6-9,11H2,1-3H3,(H,19,20);1H. The molecule has 1 fully saturated rings. The summed E-state index contributed by atoms with van der Waals surface area (Å²) in [5.74, 6) is 1.33. The second kappa shape index (κ2) is 9.01. The molecule has 1 aliphatic rings. The number of hydrogen-bond acceptors (Lipinski definition) is 3. The Morgan fingerprint density at radius 2 is 2.05 bits per heavy atom. The van der Waals surface area contributed by atoms with Gasteiger partial charge in [0.25, 0.3) is 5.91 Å². The predicted molar refractivity (Wildman–Crippen MR) is 92.0 cm³/mol. The summed E-state index contributed by atoms with van der Waals surface area (Å²) in [4.78, 5) is 11.6. The van der Waals surface area contributed by atoms with Crippen LogP contribution < -0.4 is 15.4 Å². The van der Waals surface area contributed by atoms with Gasteiger partial charge in [-0.1, -0.05) is 6.07 Å². The molecule has 1 amide bonds. The van der Waals surface area contributed by atoms with Gasteiger partial charge in [-0.15, -0.1) is 12.4 Å². The van der Waals surface area contributed by atoms with Crippen molar-refractivity contribution in [2.45, 2.75) is 45.6 Å². The summed E-state index contributed by atoms with van der Waals surface area (Å²) in [7, 11) is 0. The van der Waals surface area contributed by atoms with Gasteiger partial charge in [0.15, 0.2) is 6.61 Å². The lowest BCUT2D eigenvalue weighted by molar-refractivity contribution is -0.123. The van der Waals surface area contributed by atoms with Gasteiger partial charge in [0, 0.05) is 6.04 Å². The quantitative estimate of drug-likeness (QED) is 0.874. The smallest absolute Gasteiger partial charge is 0.258 e. The van der Waals surface area contributed by atoms with Crippen LogP contribution in [-0.2, 0) is 4.79 Å². The SMILES string of the molecule is Cc1cc(OCC(=O)NC(C)C)ccc1C1CCNCC1.Cl. The zero-order chi connectivity index (χ0) is 15.2. The van der Waals surface area contributed by atoms with E-state index in [0.29, 0.717) is 5.92 Å². The van der Waals surface area contributed by atoms with Crippen molar-refractivity contribution in [1.82, 2.24) is 10.6 Å². The molecule has 1 aromatic rings. The second-order valence-corrected chi connectivity index (χ2v) is 6.05. The van der Waals surface area contributed by atoms with E-state index in [2.05, 4.69) is 23.6 Å². The number of benzene rings is 1. The molecule has 1 aromatic carbocycles. The Bertz CT molecular complexity index is 486. The lowest BCUT2D eigenvalue weighted by atomic mass is 9.87. The Balaban J connectivity index is 0.00000242.